The molecule has 2 aliphatic rings. The number of hydrogen-bond donors (Lipinski definition) is 1. The van der Waals surface area contributed by atoms with Gasteiger partial charge in [-0.2, -0.15) is 0 Å². The van der Waals surface area contributed by atoms with Crippen LogP contribution in [0.3, 0.4) is 0 Å². The molecule has 1 heterocycles. The van der Waals surface area contributed by atoms with Crippen LogP contribution in [0.15, 0.2) is 0 Å². The molecule has 82 valence electrons. The molecule has 14 heavy (non-hydrogen) atoms. The molecule has 0 aromatic carbocycles. The molecule has 2 fully saturated rings. The maximum atomic E-state index is 5.72. The van der Waals surface area contributed by atoms with Crippen LogP contribution in [0.5, 0.6) is 0 Å². The molecule has 2 unspecified atom stereocenters. The maximum Gasteiger partial charge on any atom is 0.0834 e. The van der Waals surface area contributed by atoms with Gasteiger partial charge in [0.25, 0.3) is 0 Å². The van der Waals surface area contributed by atoms with Crippen LogP contribution in [0.25, 0.3) is 0 Å². The quantitative estimate of drug-likeness (QED) is 0.737. The van der Waals surface area contributed by atoms with Gasteiger partial charge >= 0.3 is 0 Å². The topological polar surface area (TPSA) is 30.5 Å². The maximum absolute atomic E-state index is 5.72. The second kappa shape index (κ2) is 4.17. The summed E-state index contributed by atoms with van der Waals surface area (Å²) in [5.41, 5.74) is 0.104. The number of nitrogens with one attached hydrogen (secondary N) is 1. The number of hydrogen-bond acceptors (Lipinski definition) is 3. The van der Waals surface area contributed by atoms with Crippen molar-refractivity contribution in [1.82, 2.24) is 5.32 Å². The lowest BCUT2D eigenvalue weighted by molar-refractivity contribution is -0.110. The van der Waals surface area contributed by atoms with E-state index in [0.29, 0.717) is 12.0 Å². The van der Waals surface area contributed by atoms with E-state index in [9.17, 15) is 0 Å². The van der Waals surface area contributed by atoms with Crippen LogP contribution in [-0.4, -0.2) is 39.0 Å². The third kappa shape index (κ3) is 1.58. The Bertz CT molecular complexity index is 180. The summed E-state index contributed by atoms with van der Waals surface area (Å²) < 4.78 is 11.2. The second-order valence-corrected chi connectivity index (χ2v) is 4.51. The molecule has 1 saturated heterocycles. The Morgan fingerprint density at radius 3 is 2.64 bits per heavy atom. The Morgan fingerprint density at radius 2 is 2.29 bits per heavy atom. The molecule has 0 radical (unpaired) electrons. The predicted molar refractivity (Wildman–Crippen MR) is 55.4 cm³/mol. The third-order valence-electron chi connectivity index (χ3n) is 3.92. The molecule has 1 saturated carbocycles. The van der Waals surface area contributed by atoms with E-state index in [1.807, 2.05) is 14.2 Å². The zero-order valence-electron chi connectivity index (χ0n) is 9.21. The van der Waals surface area contributed by atoms with Crippen LogP contribution in [0, 0.1) is 5.92 Å². The summed E-state index contributed by atoms with van der Waals surface area (Å²) in [6.07, 6.45) is 4.88. The summed E-state index contributed by atoms with van der Waals surface area (Å²) in [5, 5.41) is 3.43. The highest BCUT2D eigenvalue weighted by molar-refractivity contribution is 5.02. The van der Waals surface area contributed by atoms with E-state index >= 15 is 0 Å². The Labute approximate surface area is 86.2 Å². The van der Waals surface area contributed by atoms with Crippen molar-refractivity contribution in [2.75, 3.05) is 27.4 Å². The van der Waals surface area contributed by atoms with E-state index in [0.717, 1.165) is 13.2 Å². The van der Waals surface area contributed by atoms with E-state index in [1.165, 1.54) is 25.7 Å². The average Bonchev–Trinajstić information content (AvgIpc) is 2.63. The van der Waals surface area contributed by atoms with Crippen molar-refractivity contribution in [1.29, 1.82) is 0 Å². The van der Waals surface area contributed by atoms with Crippen molar-refractivity contribution < 1.29 is 9.47 Å². The second-order valence-electron chi connectivity index (χ2n) is 4.51. The fraction of sp³-hybridized carbons (Fsp3) is 1.00. The van der Waals surface area contributed by atoms with Crippen LogP contribution in [0.4, 0.5) is 0 Å². The molecule has 1 N–H and O–H groups in total. The van der Waals surface area contributed by atoms with Crippen molar-refractivity contribution in [3.63, 3.8) is 0 Å². The summed E-state index contributed by atoms with van der Waals surface area (Å²) in [7, 11) is 3.89. The highest BCUT2D eigenvalue weighted by Gasteiger charge is 2.47. The normalized spacial score (nSPS) is 32.6. The summed E-state index contributed by atoms with van der Waals surface area (Å²) in [6, 6.07) is 0.476. The van der Waals surface area contributed by atoms with Crippen LogP contribution in [-0.2, 0) is 9.47 Å². The van der Waals surface area contributed by atoms with E-state index in [-0.39, 0.29) is 5.60 Å². The highest BCUT2D eigenvalue weighted by Crippen LogP contribution is 2.41. The fourth-order valence-electron chi connectivity index (χ4n) is 2.91. The van der Waals surface area contributed by atoms with Crippen molar-refractivity contribution in [3.8, 4) is 0 Å². The van der Waals surface area contributed by atoms with Crippen LogP contribution >= 0.6 is 0 Å². The summed E-state index contributed by atoms with van der Waals surface area (Å²) >= 11 is 0. The van der Waals surface area contributed by atoms with E-state index in [1.54, 1.807) is 0 Å². The van der Waals surface area contributed by atoms with Crippen molar-refractivity contribution >= 4 is 0 Å². The zero-order valence-corrected chi connectivity index (χ0v) is 9.21. The number of ether oxygens (including phenoxy) is 2. The largest absolute Gasteiger partial charge is 0.381 e. The molecule has 0 aromatic heterocycles. The van der Waals surface area contributed by atoms with Gasteiger partial charge in [-0.05, 0) is 32.7 Å². The summed E-state index contributed by atoms with van der Waals surface area (Å²) in [6.45, 7) is 1.82. The Hall–Kier alpha value is -0.120. The molecular formula is C11H21NO2. The summed E-state index contributed by atoms with van der Waals surface area (Å²) in [4.78, 5) is 0. The molecule has 0 bridgehead atoms. The standard InChI is InChI=1S/C11H21NO2/c1-12-10(9-4-7-14-8-9)11(13-2)5-3-6-11/h9-10,12H,3-8H2,1-2H3. The zero-order chi connectivity index (χ0) is 10.0. The predicted octanol–water partition coefficient (Wildman–Crippen LogP) is 1.18. The number of methoxy groups -OCH3 is 1. The first-order valence-electron chi connectivity index (χ1n) is 5.62. The van der Waals surface area contributed by atoms with Gasteiger partial charge < -0.3 is 14.8 Å². The molecule has 2 rings (SSSR count). The fourth-order valence-corrected chi connectivity index (χ4v) is 2.91. The van der Waals surface area contributed by atoms with Crippen LogP contribution < -0.4 is 5.32 Å². The lowest BCUT2D eigenvalue weighted by atomic mass is 9.70. The Kier molecular flexibility index (Phi) is 3.10. The van der Waals surface area contributed by atoms with Crippen LogP contribution in [0.2, 0.25) is 0 Å². The average molecular weight is 199 g/mol. The highest BCUT2D eigenvalue weighted by atomic mass is 16.5. The molecular weight excluding hydrogens is 178 g/mol. The molecule has 0 amide bonds. The minimum Gasteiger partial charge on any atom is -0.381 e. The molecule has 3 nitrogen and oxygen atoms in total. The Morgan fingerprint density at radius 1 is 1.50 bits per heavy atom. The third-order valence-corrected chi connectivity index (χ3v) is 3.92. The lowest BCUT2D eigenvalue weighted by Gasteiger charge is -2.48. The molecule has 1 aliphatic carbocycles. The van der Waals surface area contributed by atoms with Gasteiger partial charge in [0.05, 0.1) is 12.2 Å². The van der Waals surface area contributed by atoms with E-state index < -0.39 is 0 Å². The van der Waals surface area contributed by atoms with Gasteiger partial charge in [0, 0.05) is 25.7 Å². The molecule has 3 heteroatoms. The Balaban J connectivity index is 2.03. The molecule has 1 aliphatic heterocycles. The van der Waals surface area contributed by atoms with E-state index in [4.69, 9.17) is 9.47 Å². The van der Waals surface area contributed by atoms with Gasteiger partial charge in [-0.15, -0.1) is 0 Å². The number of likely N-dealkylation sites (N-methyl/N-ethyl adjacent to an activating group) is 1. The van der Waals surface area contributed by atoms with Gasteiger partial charge in [-0.1, -0.05) is 0 Å². The monoisotopic (exact) mass is 199 g/mol. The lowest BCUT2D eigenvalue weighted by Crippen LogP contribution is -2.59. The molecule has 0 spiro atoms. The number of rotatable bonds is 4. The molecule has 0 aromatic rings. The van der Waals surface area contributed by atoms with Crippen molar-refractivity contribution in [2.24, 2.45) is 5.92 Å². The first-order valence-corrected chi connectivity index (χ1v) is 5.62. The smallest absolute Gasteiger partial charge is 0.0834 e. The van der Waals surface area contributed by atoms with Crippen molar-refractivity contribution in [3.05, 3.63) is 0 Å². The van der Waals surface area contributed by atoms with Crippen molar-refractivity contribution in [2.45, 2.75) is 37.3 Å². The van der Waals surface area contributed by atoms with Gasteiger partial charge in [0.15, 0.2) is 0 Å². The minimum absolute atomic E-state index is 0.104. The van der Waals surface area contributed by atoms with Gasteiger partial charge in [0.2, 0.25) is 0 Å². The SMILES string of the molecule is CNC(C1CCOC1)C1(OC)CCC1. The summed E-state index contributed by atoms with van der Waals surface area (Å²) in [5.74, 6) is 0.639. The molecule has 2 atom stereocenters. The van der Waals surface area contributed by atoms with Gasteiger partial charge in [-0.3, -0.25) is 0 Å². The van der Waals surface area contributed by atoms with Gasteiger partial charge in [-0.25, -0.2) is 0 Å². The first-order chi connectivity index (χ1) is 6.82. The van der Waals surface area contributed by atoms with Gasteiger partial charge in [0.1, 0.15) is 0 Å². The first kappa shape index (κ1) is 10.4. The van der Waals surface area contributed by atoms with Crippen LogP contribution in [0.1, 0.15) is 25.7 Å². The minimum atomic E-state index is 0.104. The van der Waals surface area contributed by atoms with E-state index in [2.05, 4.69) is 5.32 Å².